The molecule has 0 saturated heterocycles. The fourth-order valence-electron chi connectivity index (χ4n) is 3.71. The van der Waals surface area contributed by atoms with Crippen LogP contribution in [0.25, 0.3) is 11.1 Å². The van der Waals surface area contributed by atoms with E-state index in [4.69, 9.17) is 0 Å². The summed E-state index contributed by atoms with van der Waals surface area (Å²) >= 11 is 0. The molecule has 0 aliphatic heterocycles. The van der Waals surface area contributed by atoms with Gasteiger partial charge in [-0.1, -0.05) is 75.7 Å². The topological polar surface area (TPSA) is 12.0 Å². The van der Waals surface area contributed by atoms with Crippen molar-refractivity contribution in [3.8, 4) is 0 Å². The number of benzene rings is 2. The minimum absolute atomic E-state index is 0.603. The molecular weight excluding hydrogens is 338 g/mol. The van der Waals surface area contributed by atoms with Crippen LogP contribution in [-0.2, 0) is 0 Å². The van der Waals surface area contributed by atoms with Crippen molar-refractivity contribution in [2.24, 2.45) is 0 Å². The molecule has 148 valence electrons. The number of rotatable bonds is 9. The molecule has 2 aromatic carbocycles. The molecule has 0 aromatic heterocycles. The van der Waals surface area contributed by atoms with E-state index in [1.54, 1.807) is 0 Å². The van der Waals surface area contributed by atoms with Crippen molar-refractivity contribution in [3.63, 3.8) is 0 Å². The Balaban J connectivity index is 2.45. The fraction of sp³-hybridized carbons (Fsp3) is 0.333. The zero-order valence-corrected chi connectivity index (χ0v) is 18.2. The molecule has 28 heavy (non-hydrogen) atoms. The molecular formula is C27H35N. The van der Waals surface area contributed by atoms with Gasteiger partial charge in [-0.25, -0.2) is 0 Å². The first-order valence-electron chi connectivity index (χ1n) is 10.4. The van der Waals surface area contributed by atoms with Gasteiger partial charge in [0, 0.05) is 7.05 Å². The molecule has 0 aliphatic carbocycles. The standard InChI is InChI=1S/C27H35N/c1-7-8-12-20(2)26-18-22(4)27(23(5)19-26)25(15-16-28-6)17-21(3)24-13-10-9-11-14-24/h9-11,13-20,28H,3,7-8,12H2,1-2,4-6H3/b16-15-,25-17+/t20-/m1/s1. The summed E-state index contributed by atoms with van der Waals surface area (Å²) in [6.45, 7) is 13.4. The van der Waals surface area contributed by atoms with E-state index < -0.39 is 0 Å². The summed E-state index contributed by atoms with van der Waals surface area (Å²) in [4.78, 5) is 0. The number of allylic oxidation sites excluding steroid dienone is 4. The van der Waals surface area contributed by atoms with E-state index in [0.29, 0.717) is 5.92 Å². The number of unbranched alkanes of at least 4 members (excludes halogenated alkanes) is 1. The van der Waals surface area contributed by atoms with Gasteiger partial charge in [0.25, 0.3) is 0 Å². The first kappa shape index (κ1) is 21.8. The Labute approximate surface area is 171 Å². The third-order valence-corrected chi connectivity index (χ3v) is 5.31. The molecule has 2 aromatic rings. The van der Waals surface area contributed by atoms with E-state index in [9.17, 15) is 0 Å². The van der Waals surface area contributed by atoms with Gasteiger partial charge < -0.3 is 5.32 Å². The maximum atomic E-state index is 4.31. The van der Waals surface area contributed by atoms with Crippen molar-refractivity contribution in [1.82, 2.24) is 5.32 Å². The molecule has 1 N–H and O–H groups in total. The summed E-state index contributed by atoms with van der Waals surface area (Å²) in [5.74, 6) is 0.603. The average molecular weight is 374 g/mol. The van der Waals surface area contributed by atoms with Gasteiger partial charge in [0.1, 0.15) is 0 Å². The smallest absolute Gasteiger partial charge is 0.00277 e. The van der Waals surface area contributed by atoms with Gasteiger partial charge >= 0.3 is 0 Å². The highest BCUT2D eigenvalue weighted by Crippen LogP contribution is 2.31. The second kappa shape index (κ2) is 10.7. The zero-order chi connectivity index (χ0) is 20.5. The lowest BCUT2D eigenvalue weighted by molar-refractivity contribution is 0.623. The molecule has 1 heteroatoms. The van der Waals surface area contributed by atoms with Gasteiger partial charge in [0.15, 0.2) is 0 Å². The Morgan fingerprint density at radius 1 is 1.11 bits per heavy atom. The molecule has 0 unspecified atom stereocenters. The second-order valence-electron chi connectivity index (χ2n) is 7.69. The summed E-state index contributed by atoms with van der Waals surface area (Å²) < 4.78 is 0. The molecule has 2 rings (SSSR count). The van der Waals surface area contributed by atoms with Crippen LogP contribution >= 0.6 is 0 Å². The zero-order valence-electron chi connectivity index (χ0n) is 18.2. The first-order chi connectivity index (χ1) is 13.5. The summed E-state index contributed by atoms with van der Waals surface area (Å²) in [6, 6.07) is 15.1. The predicted octanol–water partition coefficient (Wildman–Crippen LogP) is 7.43. The van der Waals surface area contributed by atoms with Gasteiger partial charge in [-0.15, -0.1) is 0 Å². The Kier molecular flexibility index (Phi) is 8.32. The number of nitrogens with one attached hydrogen (secondary N) is 1. The van der Waals surface area contributed by atoms with Crippen molar-refractivity contribution < 1.29 is 0 Å². The summed E-state index contributed by atoms with van der Waals surface area (Å²) in [5.41, 5.74) is 8.76. The molecule has 0 radical (unpaired) electrons. The summed E-state index contributed by atoms with van der Waals surface area (Å²) in [5, 5.41) is 3.12. The number of hydrogen-bond acceptors (Lipinski definition) is 1. The maximum Gasteiger partial charge on any atom is 0.00277 e. The Bertz CT molecular complexity index is 817. The molecule has 0 bridgehead atoms. The van der Waals surface area contributed by atoms with Crippen LogP contribution in [0.1, 0.15) is 66.8 Å². The SMILES string of the molecule is C=C(/C=C(\C=C/NC)c1c(C)cc([C@H](C)CCCC)cc1C)c1ccccc1. The van der Waals surface area contributed by atoms with Crippen LogP contribution in [-0.4, -0.2) is 7.05 Å². The quantitative estimate of drug-likeness (QED) is 0.451. The summed E-state index contributed by atoms with van der Waals surface area (Å²) in [7, 11) is 1.93. The lowest BCUT2D eigenvalue weighted by Gasteiger charge is -2.18. The van der Waals surface area contributed by atoms with Crippen LogP contribution in [0.4, 0.5) is 0 Å². The lowest BCUT2D eigenvalue weighted by Crippen LogP contribution is -2.00. The number of aryl methyl sites for hydroxylation is 2. The molecule has 0 heterocycles. The normalized spacial score (nSPS) is 13.0. The molecule has 1 nitrogen and oxygen atoms in total. The third kappa shape index (κ3) is 5.73. The monoisotopic (exact) mass is 373 g/mol. The van der Waals surface area contributed by atoms with Gasteiger partial charge in [-0.3, -0.25) is 0 Å². The van der Waals surface area contributed by atoms with Gasteiger partial charge in [0.05, 0.1) is 0 Å². The van der Waals surface area contributed by atoms with Gasteiger partial charge in [-0.05, 0) is 83.5 Å². The fourth-order valence-corrected chi connectivity index (χ4v) is 3.71. The van der Waals surface area contributed by atoms with Crippen LogP contribution in [0.3, 0.4) is 0 Å². The molecule has 0 fully saturated rings. The Hall–Kier alpha value is -2.54. The van der Waals surface area contributed by atoms with Crippen LogP contribution in [0.2, 0.25) is 0 Å². The maximum absolute atomic E-state index is 4.31. The number of hydrogen-bond donors (Lipinski definition) is 1. The van der Waals surface area contributed by atoms with E-state index in [1.165, 1.54) is 47.1 Å². The minimum atomic E-state index is 0.603. The van der Waals surface area contributed by atoms with Crippen molar-refractivity contribution in [1.29, 1.82) is 0 Å². The third-order valence-electron chi connectivity index (χ3n) is 5.31. The van der Waals surface area contributed by atoms with E-state index >= 15 is 0 Å². The lowest BCUT2D eigenvalue weighted by atomic mass is 9.87. The average Bonchev–Trinajstić information content (AvgIpc) is 2.69. The van der Waals surface area contributed by atoms with Crippen LogP contribution < -0.4 is 5.32 Å². The van der Waals surface area contributed by atoms with E-state index in [2.05, 4.69) is 88.1 Å². The molecule has 0 saturated carbocycles. The van der Waals surface area contributed by atoms with E-state index in [-0.39, 0.29) is 0 Å². The predicted molar refractivity (Wildman–Crippen MR) is 126 cm³/mol. The van der Waals surface area contributed by atoms with Crippen molar-refractivity contribution in [2.75, 3.05) is 7.05 Å². The second-order valence-corrected chi connectivity index (χ2v) is 7.69. The van der Waals surface area contributed by atoms with E-state index in [0.717, 1.165) is 11.1 Å². The van der Waals surface area contributed by atoms with Crippen molar-refractivity contribution in [3.05, 3.63) is 95.2 Å². The first-order valence-corrected chi connectivity index (χ1v) is 10.4. The highest BCUT2D eigenvalue weighted by molar-refractivity contribution is 5.88. The highest BCUT2D eigenvalue weighted by Gasteiger charge is 2.13. The Morgan fingerprint density at radius 3 is 2.32 bits per heavy atom. The van der Waals surface area contributed by atoms with Gasteiger partial charge in [-0.2, -0.15) is 0 Å². The summed E-state index contributed by atoms with van der Waals surface area (Å²) in [6.07, 6.45) is 10.1. The van der Waals surface area contributed by atoms with Crippen molar-refractivity contribution in [2.45, 2.75) is 52.9 Å². The van der Waals surface area contributed by atoms with Gasteiger partial charge in [0.2, 0.25) is 0 Å². The minimum Gasteiger partial charge on any atom is -0.394 e. The van der Waals surface area contributed by atoms with Crippen LogP contribution in [0.15, 0.2) is 67.4 Å². The van der Waals surface area contributed by atoms with Crippen LogP contribution in [0, 0.1) is 13.8 Å². The highest BCUT2D eigenvalue weighted by atomic mass is 14.8. The molecule has 0 spiro atoms. The van der Waals surface area contributed by atoms with Crippen LogP contribution in [0.5, 0.6) is 0 Å². The molecule has 1 atom stereocenters. The molecule has 0 amide bonds. The van der Waals surface area contributed by atoms with E-state index in [1.807, 2.05) is 19.3 Å². The Morgan fingerprint density at radius 2 is 1.75 bits per heavy atom. The van der Waals surface area contributed by atoms with Crippen molar-refractivity contribution >= 4 is 11.1 Å². The largest absolute Gasteiger partial charge is 0.394 e. The molecule has 0 aliphatic rings.